The second-order valence-electron chi connectivity index (χ2n) is 5.85. The molecule has 23 heavy (non-hydrogen) atoms. The van der Waals surface area contributed by atoms with Gasteiger partial charge in [0.05, 0.1) is 8.80 Å². The van der Waals surface area contributed by atoms with Crippen LogP contribution in [0, 0.1) is 0 Å². The lowest BCUT2D eigenvalue weighted by atomic mass is 10.3. The summed E-state index contributed by atoms with van der Waals surface area (Å²) in [6.45, 7) is 16.8. The van der Waals surface area contributed by atoms with Gasteiger partial charge in [-0.1, -0.05) is 39.6 Å². The van der Waals surface area contributed by atoms with Crippen molar-refractivity contribution in [2.24, 2.45) is 0 Å². The highest BCUT2D eigenvalue weighted by atomic mass is 28.3. The second kappa shape index (κ2) is 11.2. The van der Waals surface area contributed by atoms with Gasteiger partial charge in [0, 0.05) is 16.9 Å². The Morgan fingerprint density at radius 1 is 1.00 bits per heavy atom. The Morgan fingerprint density at radius 2 is 1.43 bits per heavy atom. The lowest BCUT2D eigenvalue weighted by molar-refractivity contribution is -0.151. The first kappa shape index (κ1) is 21.6. The summed E-state index contributed by atoms with van der Waals surface area (Å²) in [5.41, 5.74) is 0.800. The number of hydrogen-bond donors (Lipinski definition) is 0. The van der Waals surface area contributed by atoms with Gasteiger partial charge in [0.15, 0.2) is 0 Å². The van der Waals surface area contributed by atoms with Crippen molar-refractivity contribution in [3.63, 3.8) is 0 Å². The van der Waals surface area contributed by atoms with Crippen molar-refractivity contribution in [1.82, 2.24) is 0 Å². The van der Waals surface area contributed by atoms with E-state index in [0.717, 1.165) is 12.5 Å². The molecule has 0 amide bonds. The van der Waals surface area contributed by atoms with Gasteiger partial charge in [-0.2, -0.15) is 0 Å². The van der Waals surface area contributed by atoms with E-state index in [9.17, 15) is 9.59 Å². The van der Waals surface area contributed by atoms with Gasteiger partial charge in [0.25, 0.3) is 0 Å². The summed E-state index contributed by atoms with van der Waals surface area (Å²) >= 11 is 0. The third-order valence-electron chi connectivity index (χ3n) is 3.55. The smallest absolute Gasteiger partial charge is 0.333 e. The lowest BCUT2D eigenvalue weighted by Gasteiger charge is -2.27. The van der Waals surface area contributed by atoms with E-state index in [1.807, 2.05) is 0 Å². The molecule has 0 fully saturated rings. The number of carbonyl (C=O) groups excluding carboxylic acids is 2. The maximum Gasteiger partial charge on any atom is 0.333 e. The average molecular weight is 343 g/mol. The summed E-state index contributed by atoms with van der Waals surface area (Å²) in [5, 5.41) is 0. The summed E-state index contributed by atoms with van der Waals surface area (Å²) in [6.07, 6.45) is 0.411. The fourth-order valence-electron chi connectivity index (χ4n) is 1.85. The van der Waals surface area contributed by atoms with Gasteiger partial charge in [0.2, 0.25) is 0 Å². The highest BCUT2D eigenvalue weighted by molar-refractivity contribution is 6.58. The minimum absolute atomic E-state index is 0.0382. The van der Waals surface area contributed by atoms with Crippen molar-refractivity contribution in [1.29, 1.82) is 0 Å². The van der Waals surface area contributed by atoms with Crippen molar-refractivity contribution in [3.05, 3.63) is 24.3 Å². The van der Waals surface area contributed by atoms with Crippen LogP contribution in [0.5, 0.6) is 0 Å². The monoisotopic (exact) mass is 342 g/mol. The van der Waals surface area contributed by atoms with Crippen LogP contribution in [0.3, 0.4) is 0 Å². The van der Waals surface area contributed by atoms with Crippen LogP contribution >= 0.6 is 0 Å². The molecule has 6 heteroatoms. The van der Waals surface area contributed by atoms with Crippen molar-refractivity contribution >= 4 is 20.7 Å². The summed E-state index contributed by atoms with van der Waals surface area (Å²) < 4.78 is 16.4. The van der Waals surface area contributed by atoms with Crippen molar-refractivity contribution in [3.8, 4) is 0 Å². The van der Waals surface area contributed by atoms with Gasteiger partial charge in [-0.3, -0.25) is 0 Å². The number of carbonyl (C=O) groups is 2. The maximum absolute atomic E-state index is 11.5. The molecule has 2 atom stereocenters. The van der Waals surface area contributed by atoms with Crippen LogP contribution in [0.2, 0.25) is 12.6 Å². The Bertz CT molecular complexity index is 403. The molecule has 0 N–H and O–H groups in total. The quantitative estimate of drug-likeness (QED) is 0.328. The summed E-state index contributed by atoms with van der Waals surface area (Å²) in [4.78, 5) is 23.1. The van der Waals surface area contributed by atoms with Gasteiger partial charge in [0.1, 0.15) is 19.3 Å². The predicted octanol–water partition coefficient (Wildman–Crippen LogP) is 2.80. The Morgan fingerprint density at radius 3 is 1.74 bits per heavy atom. The first-order valence-electron chi connectivity index (χ1n) is 8.03. The van der Waals surface area contributed by atoms with Gasteiger partial charge in [-0.05, 0) is 20.3 Å². The van der Waals surface area contributed by atoms with E-state index in [-0.39, 0.29) is 18.9 Å². The Hall–Kier alpha value is -1.40. The molecular weight excluding hydrogens is 312 g/mol. The lowest BCUT2D eigenvalue weighted by Crippen LogP contribution is -2.38. The zero-order valence-electron chi connectivity index (χ0n) is 15.0. The summed E-state index contributed by atoms with van der Waals surface area (Å²) in [7, 11) is -1.03. The van der Waals surface area contributed by atoms with Crippen LogP contribution in [0.15, 0.2) is 24.3 Å². The molecule has 0 saturated carbocycles. The standard InChI is InChI=1S/C17H30O5Si/c1-8-15(23(7)9-2)22-14(10-20-16(18)12(3)4)11-21-17(19)13(5)6/h14-15,23H,3,5,8-11H2,1-2,4,6-7H3. The molecular formula is C17H30O5Si. The third-order valence-corrected chi connectivity index (χ3v) is 6.73. The number of ether oxygens (including phenoxy) is 3. The average Bonchev–Trinajstić information content (AvgIpc) is 2.52. The molecule has 0 bridgehead atoms. The number of esters is 2. The van der Waals surface area contributed by atoms with Crippen LogP contribution < -0.4 is 0 Å². The van der Waals surface area contributed by atoms with Crippen LogP contribution in [0.25, 0.3) is 0 Å². The maximum atomic E-state index is 11.5. The Labute approximate surface area is 141 Å². The minimum Gasteiger partial charge on any atom is -0.459 e. The van der Waals surface area contributed by atoms with Crippen molar-refractivity contribution in [2.45, 2.75) is 58.5 Å². The van der Waals surface area contributed by atoms with E-state index in [1.54, 1.807) is 13.8 Å². The van der Waals surface area contributed by atoms with E-state index in [4.69, 9.17) is 14.2 Å². The SMILES string of the molecule is C=C(C)C(=O)OCC(COC(=O)C(=C)C)OC(CC)[SiH](C)CC. The molecule has 2 unspecified atom stereocenters. The van der Waals surface area contributed by atoms with Crippen molar-refractivity contribution < 1.29 is 23.8 Å². The molecule has 0 saturated heterocycles. The van der Waals surface area contributed by atoms with Crippen LogP contribution in [-0.2, 0) is 23.8 Å². The van der Waals surface area contributed by atoms with E-state index < -0.39 is 26.8 Å². The number of rotatable bonds is 11. The Kier molecular flexibility index (Phi) is 10.5. The molecule has 0 rings (SSSR count). The highest BCUT2D eigenvalue weighted by Gasteiger charge is 2.23. The second-order valence-corrected chi connectivity index (χ2v) is 9.36. The van der Waals surface area contributed by atoms with Crippen LogP contribution in [0.1, 0.15) is 34.1 Å². The largest absolute Gasteiger partial charge is 0.459 e. The first-order valence-corrected chi connectivity index (χ1v) is 10.7. The molecule has 0 aromatic heterocycles. The normalized spacial score (nSPS) is 13.3. The summed E-state index contributed by atoms with van der Waals surface area (Å²) in [5.74, 6) is -0.947. The molecule has 132 valence electrons. The molecule has 0 aromatic rings. The first-order chi connectivity index (χ1) is 10.7. The molecule has 0 aliphatic carbocycles. The molecule has 5 nitrogen and oxygen atoms in total. The molecule has 0 spiro atoms. The Balaban J connectivity index is 4.76. The molecule has 0 radical (unpaired) electrons. The number of hydrogen-bond acceptors (Lipinski definition) is 5. The van der Waals surface area contributed by atoms with Crippen molar-refractivity contribution in [2.75, 3.05) is 13.2 Å². The molecule has 0 aromatic carbocycles. The zero-order chi connectivity index (χ0) is 18.0. The van der Waals surface area contributed by atoms with E-state index in [1.165, 1.54) is 0 Å². The van der Waals surface area contributed by atoms with Crippen LogP contribution in [0.4, 0.5) is 0 Å². The van der Waals surface area contributed by atoms with Crippen LogP contribution in [-0.4, -0.2) is 45.8 Å². The highest BCUT2D eigenvalue weighted by Crippen LogP contribution is 2.12. The topological polar surface area (TPSA) is 61.8 Å². The molecule has 0 aliphatic rings. The zero-order valence-corrected chi connectivity index (χ0v) is 16.2. The summed E-state index contributed by atoms with van der Waals surface area (Å²) in [6, 6.07) is 1.11. The van der Waals surface area contributed by atoms with Gasteiger partial charge in [-0.25, -0.2) is 9.59 Å². The van der Waals surface area contributed by atoms with E-state index >= 15 is 0 Å². The fraction of sp³-hybridized carbons (Fsp3) is 0.647. The van der Waals surface area contributed by atoms with Gasteiger partial charge in [-0.15, -0.1) is 0 Å². The van der Waals surface area contributed by atoms with Gasteiger partial charge < -0.3 is 14.2 Å². The van der Waals surface area contributed by atoms with E-state index in [2.05, 4.69) is 33.6 Å². The van der Waals surface area contributed by atoms with E-state index in [0.29, 0.717) is 11.1 Å². The third kappa shape index (κ3) is 8.71. The predicted molar refractivity (Wildman–Crippen MR) is 94.0 cm³/mol. The molecule has 0 aliphatic heterocycles. The van der Waals surface area contributed by atoms with Gasteiger partial charge >= 0.3 is 11.9 Å². The molecule has 0 heterocycles. The minimum atomic E-state index is -1.03. The fourth-order valence-corrected chi connectivity index (χ4v) is 3.67.